The van der Waals surface area contributed by atoms with Gasteiger partial charge in [0.15, 0.2) is 0 Å². The smallest absolute Gasteiger partial charge is 0.323 e. The predicted octanol–water partition coefficient (Wildman–Crippen LogP) is 1.43. The van der Waals surface area contributed by atoms with E-state index in [9.17, 15) is 18.8 Å². The van der Waals surface area contributed by atoms with Gasteiger partial charge < -0.3 is 25.3 Å². The Labute approximate surface area is 168 Å². The molecule has 0 saturated carbocycles. The minimum absolute atomic E-state index is 0.235. The van der Waals surface area contributed by atoms with Crippen LogP contribution in [0.3, 0.4) is 0 Å². The van der Waals surface area contributed by atoms with Crippen LogP contribution < -0.4 is 15.5 Å². The SMILES string of the molecule is CN1C(=O)N(C)C2C1NC(=O)N2CC(=O)Nc1ccc(N2CCCCC2)c(F)c1. The molecule has 4 rings (SSSR count). The molecule has 2 N–H and O–H groups in total. The van der Waals surface area contributed by atoms with Crippen molar-refractivity contribution in [3.63, 3.8) is 0 Å². The van der Waals surface area contributed by atoms with Crippen LogP contribution in [0.4, 0.5) is 25.4 Å². The van der Waals surface area contributed by atoms with Crippen molar-refractivity contribution in [1.29, 1.82) is 0 Å². The Balaban J connectivity index is 1.41. The normalized spacial score (nSPS) is 24.1. The number of rotatable bonds is 4. The number of carbonyl (C=O) groups excluding carboxylic acids is 3. The van der Waals surface area contributed by atoms with E-state index in [0.29, 0.717) is 11.4 Å². The van der Waals surface area contributed by atoms with E-state index in [0.717, 1.165) is 32.4 Å². The zero-order valence-corrected chi connectivity index (χ0v) is 16.5. The van der Waals surface area contributed by atoms with E-state index >= 15 is 0 Å². The molecule has 2 atom stereocenters. The van der Waals surface area contributed by atoms with Gasteiger partial charge in [0.05, 0.1) is 5.69 Å². The van der Waals surface area contributed by atoms with Crippen LogP contribution in [-0.2, 0) is 4.79 Å². The second kappa shape index (κ2) is 7.41. The average Bonchev–Trinajstić information content (AvgIpc) is 3.12. The first-order valence-corrected chi connectivity index (χ1v) is 9.78. The molecule has 3 fully saturated rings. The first-order valence-electron chi connectivity index (χ1n) is 9.78. The number of nitrogens with zero attached hydrogens (tertiary/aromatic N) is 4. The quantitative estimate of drug-likeness (QED) is 0.795. The van der Waals surface area contributed by atoms with Gasteiger partial charge >= 0.3 is 12.1 Å². The number of piperidine rings is 1. The molecule has 3 heterocycles. The van der Waals surface area contributed by atoms with Gasteiger partial charge in [0.1, 0.15) is 24.7 Å². The summed E-state index contributed by atoms with van der Waals surface area (Å²) in [5.41, 5.74) is 0.871. The summed E-state index contributed by atoms with van der Waals surface area (Å²) in [6.07, 6.45) is 2.18. The van der Waals surface area contributed by atoms with E-state index in [1.165, 1.54) is 20.8 Å². The van der Waals surface area contributed by atoms with E-state index in [1.54, 1.807) is 26.2 Å². The van der Waals surface area contributed by atoms with Crippen molar-refractivity contribution in [2.45, 2.75) is 31.6 Å². The van der Waals surface area contributed by atoms with Gasteiger partial charge in [-0.25, -0.2) is 14.0 Å². The number of hydrogen-bond acceptors (Lipinski definition) is 4. The number of fused-ring (bicyclic) bond motifs is 1. The topological polar surface area (TPSA) is 88.2 Å². The van der Waals surface area contributed by atoms with Crippen molar-refractivity contribution in [1.82, 2.24) is 20.0 Å². The lowest BCUT2D eigenvalue weighted by Crippen LogP contribution is -2.47. The van der Waals surface area contributed by atoms with Gasteiger partial charge in [-0.2, -0.15) is 0 Å². The zero-order valence-electron chi connectivity index (χ0n) is 16.5. The fourth-order valence-electron chi connectivity index (χ4n) is 4.27. The molecule has 1 aromatic rings. The summed E-state index contributed by atoms with van der Waals surface area (Å²) in [6, 6.07) is 3.98. The van der Waals surface area contributed by atoms with Crippen molar-refractivity contribution in [2.24, 2.45) is 0 Å². The van der Waals surface area contributed by atoms with Gasteiger partial charge in [-0.05, 0) is 37.5 Å². The Kier molecular flexibility index (Phi) is 4.93. The highest BCUT2D eigenvalue weighted by Crippen LogP contribution is 2.27. The van der Waals surface area contributed by atoms with Gasteiger partial charge in [0, 0.05) is 32.9 Å². The van der Waals surface area contributed by atoms with Gasteiger partial charge in [0.2, 0.25) is 5.91 Å². The van der Waals surface area contributed by atoms with Gasteiger partial charge in [-0.3, -0.25) is 9.69 Å². The summed E-state index contributed by atoms with van der Waals surface area (Å²) in [4.78, 5) is 43.0. The standard InChI is InChI=1S/C19H25FN6O3/c1-23-16-17(24(2)19(23)29)26(18(28)22-16)11-15(27)21-12-6-7-14(13(20)10-12)25-8-4-3-5-9-25/h6-7,10,16-17H,3-5,8-9,11H2,1-2H3,(H,21,27)(H,22,28). The molecule has 2 unspecified atom stereocenters. The number of hydrogen-bond donors (Lipinski definition) is 2. The molecule has 3 aliphatic rings. The van der Waals surface area contributed by atoms with Crippen molar-refractivity contribution >= 4 is 29.3 Å². The number of urea groups is 2. The van der Waals surface area contributed by atoms with Crippen molar-refractivity contribution in [2.75, 3.05) is 43.9 Å². The Morgan fingerprint density at radius 1 is 1.17 bits per heavy atom. The monoisotopic (exact) mass is 404 g/mol. The van der Waals surface area contributed by atoms with Crippen molar-refractivity contribution in [3.8, 4) is 0 Å². The third-order valence-electron chi connectivity index (χ3n) is 5.79. The Hall–Kier alpha value is -3.04. The van der Waals surface area contributed by atoms with E-state index < -0.39 is 24.3 Å². The number of amides is 5. The summed E-state index contributed by atoms with van der Waals surface area (Å²) in [7, 11) is 3.18. The maximum absolute atomic E-state index is 14.5. The van der Waals surface area contributed by atoms with Crippen LogP contribution in [0.1, 0.15) is 19.3 Å². The van der Waals surface area contributed by atoms with Crippen LogP contribution in [0.15, 0.2) is 18.2 Å². The summed E-state index contributed by atoms with van der Waals surface area (Å²) in [6.45, 7) is 1.42. The van der Waals surface area contributed by atoms with E-state index in [-0.39, 0.29) is 18.4 Å². The summed E-state index contributed by atoms with van der Waals surface area (Å²) in [5, 5.41) is 5.34. The van der Waals surface area contributed by atoms with E-state index in [1.807, 2.05) is 4.90 Å². The van der Waals surface area contributed by atoms with Crippen LogP contribution in [0.5, 0.6) is 0 Å². The van der Waals surface area contributed by atoms with Crippen molar-refractivity contribution in [3.05, 3.63) is 24.0 Å². The zero-order chi connectivity index (χ0) is 20.7. The minimum atomic E-state index is -0.566. The molecule has 9 nitrogen and oxygen atoms in total. The highest BCUT2D eigenvalue weighted by atomic mass is 19.1. The third-order valence-corrected chi connectivity index (χ3v) is 5.79. The molecule has 0 radical (unpaired) electrons. The Bertz CT molecular complexity index is 843. The number of halogens is 1. The maximum atomic E-state index is 14.5. The van der Waals surface area contributed by atoms with Crippen molar-refractivity contribution < 1.29 is 18.8 Å². The Morgan fingerprint density at radius 2 is 1.90 bits per heavy atom. The number of likely N-dealkylation sites (N-methyl/N-ethyl adjacent to an activating group) is 2. The molecule has 3 aliphatic heterocycles. The summed E-state index contributed by atoms with van der Waals surface area (Å²) < 4.78 is 14.5. The fraction of sp³-hybridized carbons (Fsp3) is 0.526. The number of carbonyl (C=O) groups is 3. The van der Waals surface area contributed by atoms with Gasteiger partial charge in [-0.1, -0.05) is 0 Å². The van der Waals surface area contributed by atoms with Crippen LogP contribution in [0.2, 0.25) is 0 Å². The molecule has 156 valence electrons. The fourth-order valence-corrected chi connectivity index (χ4v) is 4.27. The first-order chi connectivity index (χ1) is 13.9. The minimum Gasteiger partial charge on any atom is -0.369 e. The number of anilines is 2. The summed E-state index contributed by atoms with van der Waals surface area (Å²) >= 11 is 0. The van der Waals surface area contributed by atoms with E-state index in [4.69, 9.17) is 0 Å². The lowest BCUT2D eigenvalue weighted by atomic mass is 10.1. The van der Waals surface area contributed by atoms with E-state index in [2.05, 4.69) is 10.6 Å². The molecule has 1 aromatic carbocycles. The van der Waals surface area contributed by atoms with Crippen LogP contribution in [-0.4, -0.2) is 78.7 Å². The molecule has 0 aromatic heterocycles. The van der Waals surface area contributed by atoms with Crippen LogP contribution >= 0.6 is 0 Å². The number of benzene rings is 1. The molecule has 0 spiro atoms. The van der Waals surface area contributed by atoms with Gasteiger partial charge in [0.25, 0.3) is 0 Å². The molecule has 5 amide bonds. The lowest BCUT2D eigenvalue weighted by molar-refractivity contribution is -0.117. The predicted molar refractivity (Wildman–Crippen MR) is 105 cm³/mol. The lowest BCUT2D eigenvalue weighted by Gasteiger charge is -2.29. The molecule has 10 heteroatoms. The van der Waals surface area contributed by atoms with Crippen LogP contribution in [0, 0.1) is 5.82 Å². The first kappa shape index (κ1) is 19.3. The molecule has 29 heavy (non-hydrogen) atoms. The summed E-state index contributed by atoms with van der Waals surface area (Å²) in [5.74, 6) is -0.840. The molecular formula is C19H25FN6O3. The second-order valence-corrected chi connectivity index (χ2v) is 7.70. The average molecular weight is 404 g/mol. The maximum Gasteiger partial charge on any atom is 0.323 e. The Morgan fingerprint density at radius 3 is 2.59 bits per heavy atom. The highest BCUT2D eigenvalue weighted by Gasteiger charge is 2.52. The highest BCUT2D eigenvalue weighted by molar-refractivity contribution is 5.95. The van der Waals surface area contributed by atoms with Crippen LogP contribution in [0.25, 0.3) is 0 Å². The molecule has 0 bridgehead atoms. The number of nitrogens with one attached hydrogen (secondary N) is 2. The largest absolute Gasteiger partial charge is 0.369 e. The third kappa shape index (κ3) is 3.43. The molecule has 0 aliphatic carbocycles. The second-order valence-electron chi connectivity index (χ2n) is 7.70. The molecular weight excluding hydrogens is 379 g/mol. The molecule has 3 saturated heterocycles. The van der Waals surface area contributed by atoms with Gasteiger partial charge in [-0.15, -0.1) is 0 Å².